The molecule has 0 bridgehead atoms. The van der Waals surface area contributed by atoms with Crippen LogP contribution in [0.2, 0.25) is 0 Å². The van der Waals surface area contributed by atoms with E-state index in [0.29, 0.717) is 57.2 Å². The molecule has 1 saturated heterocycles. The van der Waals surface area contributed by atoms with Gasteiger partial charge in [-0.1, -0.05) is 0 Å². The molecular weight excluding hydrogens is 500 g/mol. The van der Waals surface area contributed by atoms with Crippen LogP contribution < -0.4 is 15.5 Å². The number of anilines is 2. The molecule has 11 nitrogen and oxygen atoms in total. The highest BCUT2D eigenvalue weighted by Gasteiger charge is 2.35. The Hall–Kier alpha value is -3.28. The van der Waals surface area contributed by atoms with Crippen LogP contribution in [0.5, 0.6) is 0 Å². The first-order valence-electron chi connectivity index (χ1n) is 13.7. The molecule has 39 heavy (non-hydrogen) atoms. The summed E-state index contributed by atoms with van der Waals surface area (Å²) in [5.74, 6) is 1.07. The molecule has 11 heteroatoms. The molecule has 1 aliphatic carbocycles. The van der Waals surface area contributed by atoms with Crippen molar-refractivity contribution in [3.05, 3.63) is 35.5 Å². The molecule has 5 rings (SSSR count). The van der Waals surface area contributed by atoms with E-state index in [0.717, 1.165) is 35.5 Å². The smallest absolute Gasteiger partial charge is 0.319 e. The summed E-state index contributed by atoms with van der Waals surface area (Å²) < 4.78 is 5.65. The fourth-order valence-electron chi connectivity index (χ4n) is 5.53. The van der Waals surface area contributed by atoms with Crippen LogP contribution in [0.1, 0.15) is 51.3 Å². The molecule has 3 atom stereocenters. The van der Waals surface area contributed by atoms with Crippen molar-refractivity contribution in [2.45, 2.75) is 76.8 Å². The Kier molecular flexibility index (Phi) is 7.75. The van der Waals surface area contributed by atoms with Gasteiger partial charge in [0.2, 0.25) is 0 Å². The Morgan fingerprint density at radius 3 is 2.56 bits per heavy atom. The van der Waals surface area contributed by atoms with E-state index in [1.165, 1.54) is 13.8 Å². The zero-order valence-corrected chi connectivity index (χ0v) is 22.8. The summed E-state index contributed by atoms with van der Waals surface area (Å²) in [5.41, 5.74) is 1.74. The van der Waals surface area contributed by atoms with Gasteiger partial charge in [0.15, 0.2) is 5.82 Å². The minimum atomic E-state index is -1.46. The van der Waals surface area contributed by atoms with E-state index in [4.69, 9.17) is 14.7 Å². The van der Waals surface area contributed by atoms with Crippen LogP contribution in [-0.4, -0.2) is 87.1 Å². The molecule has 0 spiro atoms. The number of ether oxygens (including phenoxy) is 1. The third-order valence-electron chi connectivity index (χ3n) is 7.69. The molecule has 3 amide bonds. The van der Waals surface area contributed by atoms with Crippen LogP contribution in [0.3, 0.4) is 0 Å². The van der Waals surface area contributed by atoms with Gasteiger partial charge in [-0.2, -0.15) is 0 Å². The molecule has 0 radical (unpaired) electrons. The van der Waals surface area contributed by atoms with Crippen molar-refractivity contribution in [3.63, 3.8) is 0 Å². The molecule has 210 valence electrons. The monoisotopic (exact) mass is 538 g/mol. The largest absolute Gasteiger partial charge is 0.391 e. The molecule has 2 aromatic rings. The average molecular weight is 539 g/mol. The molecule has 2 fully saturated rings. The van der Waals surface area contributed by atoms with Crippen LogP contribution in [0, 0.1) is 0 Å². The third-order valence-corrected chi connectivity index (χ3v) is 7.69. The Bertz CT molecular complexity index is 1210. The fourth-order valence-corrected chi connectivity index (χ4v) is 5.53. The number of amides is 3. The van der Waals surface area contributed by atoms with E-state index in [1.807, 2.05) is 12.1 Å². The van der Waals surface area contributed by atoms with Gasteiger partial charge in [0.05, 0.1) is 43.6 Å². The molecule has 1 aromatic carbocycles. The molecule has 4 N–H and O–H groups in total. The number of hydrogen-bond donors (Lipinski definition) is 4. The van der Waals surface area contributed by atoms with Crippen molar-refractivity contribution in [2.75, 3.05) is 36.5 Å². The molecule has 1 saturated carbocycles. The maximum absolute atomic E-state index is 12.8. The lowest BCUT2D eigenvalue weighted by Gasteiger charge is -2.38. The maximum Gasteiger partial charge on any atom is 0.319 e. The highest BCUT2D eigenvalue weighted by atomic mass is 16.5. The van der Waals surface area contributed by atoms with E-state index in [9.17, 15) is 19.8 Å². The van der Waals surface area contributed by atoms with E-state index < -0.39 is 11.7 Å². The van der Waals surface area contributed by atoms with Gasteiger partial charge < -0.3 is 35.4 Å². The number of carbonyl (C=O) groups is 2. The predicted molar refractivity (Wildman–Crippen MR) is 146 cm³/mol. The Morgan fingerprint density at radius 2 is 1.90 bits per heavy atom. The number of aliphatic hydroxyl groups excluding tert-OH is 1. The normalized spacial score (nSPS) is 23.4. The average Bonchev–Trinajstić information content (AvgIpc) is 3.31. The van der Waals surface area contributed by atoms with Crippen molar-refractivity contribution in [3.8, 4) is 11.4 Å². The van der Waals surface area contributed by atoms with Gasteiger partial charge in [0, 0.05) is 29.9 Å². The Balaban J connectivity index is 1.40. The van der Waals surface area contributed by atoms with E-state index in [1.54, 1.807) is 17.0 Å². The number of morpholine rings is 1. The van der Waals surface area contributed by atoms with E-state index >= 15 is 0 Å². The zero-order chi connectivity index (χ0) is 27.7. The van der Waals surface area contributed by atoms with Crippen molar-refractivity contribution < 1.29 is 24.5 Å². The first-order chi connectivity index (χ1) is 18.6. The number of aliphatic hydroxyl groups is 2. The summed E-state index contributed by atoms with van der Waals surface area (Å²) in [6.07, 6.45) is 2.47. The number of aromatic nitrogens is 2. The highest BCUT2D eigenvalue weighted by Crippen LogP contribution is 2.32. The van der Waals surface area contributed by atoms with Gasteiger partial charge >= 0.3 is 6.03 Å². The lowest BCUT2D eigenvalue weighted by molar-refractivity contribution is -0.148. The number of rotatable bonds is 5. The first-order valence-corrected chi connectivity index (χ1v) is 13.7. The number of nitrogens with one attached hydrogen (secondary N) is 2. The molecule has 0 unspecified atom stereocenters. The van der Waals surface area contributed by atoms with Crippen LogP contribution in [0.25, 0.3) is 11.4 Å². The van der Waals surface area contributed by atoms with Crippen LogP contribution >= 0.6 is 0 Å². The van der Waals surface area contributed by atoms with Crippen LogP contribution in [0.4, 0.5) is 16.3 Å². The number of urea groups is 1. The van der Waals surface area contributed by atoms with Gasteiger partial charge in [-0.25, -0.2) is 14.8 Å². The molecule has 2 aliphatic heterocycles. The van der Waals surface area contributed by atoms with E-state index in [2.05, 4.69) is 22.5 Å². The molecule has 1 aromatic heterocycles. The van der Waals surface area contributed by atoms with Crippen molar-refractivity contribution in [1.29, 1.82) is 0 Å². The summed E-state index contributed by atoms with van der Waals surface area (Å²) in [5, 5.41) is 25.9. The number of carbonyl (C=O) groups excluding carboxylic acids is 2. The summed E-state index contributed by atoms with van der Waals surface area (Å²) in [7, 11) is 0. The SMILES string of the molecule is C[C@H]1COCCN1c1nc(-c2ccc(NC(=O)N[C@H]3CCC[C@@H]3O)cc2)nc2c1CCN(C(=O)C(C)(C)O)C2. The lowest BCUT2D eigenvalue weighted by atomic mass is 10.0. The van der Waals surface area contributed by atoms with Gasteiger partial charge in [-0.15, -0.1) is 0 Å². The summed E-state index contributed by atoms with van der Waals surface area (Å²) in [6.45, 7) is 7.84. The van der Waals surface area contributed by atoms with Gasteiger partial charge in [0.25, 0.3) is 5.91 Å². The highest BCUT2D eigenvalue weighted by molar-refractivity contribution is 5.89. The van der Waals surface area contributed by atoms with Gasteiger partial charge in [-0.3, -0.25) is 4.79 Å². The quantitative estimate of drug-likeness (QED) is 0.454. The van der Waals surface area contributed by atoms with E-state index in [-0.39, 0.29) is 24.0 Å². The number of fused-ring (bicyclic) bond motifs is 1. The summed E-state index contributed by atoms with van der Waals surface area (Å²) in [4.78, 5) is 39.0. The van der Waals surface area contributed by atoms with Crippen LogP contribution in [0.15, 0.2) is 24.3 Å². The summed E-state index contributed by atoms with van der Waals surface area (Å²) >= 11 is 0. The second-order valence-corrected chi connectivity index (χ2v) is 11.2. The predicted octanol–water partition coefficient (Wildman–Crippen LogP) is 2.06. The topological polar surface area (TPSA) is 140 Å². The van der Waals surface area contributed by atoms with Gasteiger partial charge in [0.1, 0.15) is 11.4 Å². The fraction of sp³-hybridized carbons (Fsp3) is 0.571. The summed E-state index contributed by atoms with van der Waals surface area (Å²) in [6, 6.07) is 6.88. The Labute approximate surface area is 228 Å². The minimum absolute atomic E-state index is 0.144. The number of nitrogens with zero attached hydrogens (tertiary/aromatic N) is 4. The number of hydrogen-bond acceptors (Lipinski definition) is 8. The zero-order valence-electron chi connectivity index (χ0n) is 22.8. The van der Waals surface area contributed by atoms with Crippen molar-refractivity contribution in [2.24, 2.45) is 0 Å². The first kappa shape index (κ1) is 27.3. The lowest BCUT2D eigenvalue weighted by Crippen LogP contribution is -2.48. The Morgan fingerprint density at radius 1 is 1.13 bits per heavy atom. The van der Waals surface area contributed by atoms with Crippen molar-refractivity contribution in [1.82, 2.24) is 20.2 Å². The standard InChI is InChI=1S/C28H38N6O5/c1-17-16-39-14-13-34(17)25-20-11-12-33(26(36)28(2,3)38)15-22(20)30-24(32-25)18-7-9-19(10-8-18)29-27(37)31-21-5-4-6-23(21)35/h7-10,17,21,23,35,38H,4-6,11-16H2,1-3H3,(H2,29,31,37)/t17-,21-,23-/m0/s1. The molecule has 3 aliphatic rings. The molecule has 3 heterocycles. The number of benzene rings is 1. The second-order valence-electron chi connectivity index (χ2n) is 11.2. The molecular formula is C28H38N6O5. The van der Waals surface area contributed by atoms with Crippen LogP contribution in [-0.2, 0) is 22.5 Å². The third kappa shape index (κ3) is 6.00. The maximum atomic E-state index is 12.8. The van der Waals surface area contributed by atoms with Crippen molar-refractivity contribution >= 4 is 23.4 Å². The minimum Gasteiger partial charge on any atom is -0.391 e. The van der Waals surface area contributed by atoms with Gasteiger partial charge in [-0.05, 0) is 70.7 Å². The second kappa shape index (κ2) is 11.1.